The Bertz CT molecular complexity index is 427. The molecule has 1 fully saturated rings. The molecule has 0 aliphatic carbocycles. The summed E-state index contributed by atoms with van der Waals surface area (Å²) in [5, 5.41) is 4.02. The van der Waals surface area contributed by atoms with Gasteiger partial charge in [-0.2, -0.15) is 11.3 Å². The molecule has 1 aliphatic heterocycles. The van der Waals surface area contributed by atoms with Gasteiger partial charge in [0.2, 0.25) is 5.91 Å². The van der Waals surface area contributed by atoms with Crippen molar-refractivity contribution >= 4 is 23.0 Å². The summed E-state index contributed by atoms with van der Waals surface area (Å²) in [6.45, 7) is 2.42. The van der Waals surface area contributed by atoms with Gasteiger partial charge in [-0.05, 0) is 42.2 Å². The van der Waals surface area contributed by atoms with E-state index in [2.05, 4.69) is 0 Å². The fourth-order valence-corrected chi connectivity index (χ4v) is 3.39. The minimum atomic E-state index is 0.117. The van der Waals surface area contributed by atoms with Crippen LogP contribution in [-0.4, -0.2) is 29.2 Å². The van der Waals surface area contributed by atoms with E-state index in [1.54, 1.807) is 18.3 Å². The summed E-state index contributed by atoms with van der Waals surface area (Å²) in [5.41, 5.74) is 1.08. The highest BCUT2D eigenvalue weighted by Crippen LogP contribution is 2.21. The monoisotopic (exact) mass is 279 g/mol. The van der Waals surface area contributed by atoms with Crippen LogP contribution in [0.1, 0.15) is 44.6 Å². The number of ketones is 1. The summed E-state index contributed by atoms with van der Waals surface area (Å²) < 4.78 is 0. The number of nitrogens with zero attached hydrogens (tertiary/aromatic N) is 1. The molecule has 2 heterocycles. The van der Waals surface area contributed by atoms with E-state index in [4.69, 9.17) is 0 Å². The minimum absolute atomic E-state index is 0.117. The number of thiophene rings is 1. The van der Waals surface area contributed by atoms with Gasteiger partial charge in [0.25, 0.3) is 0 Å². The van der Waals surface area contributed by atoms with E-state index in [0.717, 1.165) is 37.8 Å². The van der Waals surface area contributed by atoms with E-state index in [0.29, 0.717) is 12.8 Å². The lowest BCUT2D eigenvalue weighted by Crippen LogP contribution is -2.41. The van der Waals surface area contributed by atoms with Crippen molar-refractivity contribution in [2.24, 2.45) is 0 Å². The zero-order valence-corrected chi connectivity index (χ0v) is 12.2. The van der Waals surface area contributed by atoms with Gasteiger partial charge < -0.3 is 4.90 Å². The van der Waals surface area contributed by atoms with Crippen LogP contribution in [0.3, 0.4) is 0 Å². The molecule has 1 amide bonds. The first-order valence-corrected chi connectivity index (χ1v) is 7.91. The Morgan fingerprint density at radius 2 is 2.21 bits per heavy atom. The van der Waals surface area contributed by atoms with Crippen molar-refractivity contribution in [1.82, 2.24) is 4.90 Å². The van der Waals surface area contributed by atoms with Crippen LogP contribution in [0.5, 0.6) is 0 Å². The Morgan fingerprint density at radius 1 is 1.37 bits per heavy atom. The van der Waals surface area contributed by atoms with Gasteiger partial charge in [0.15, 0.2) is 0 Å². The molecule has 0 radical (unpaired) electrons. The van der Waals surface area contributed by atoms with Crippen LogP contribution >= 0.6 is 11.3 Å². The maximum Gasteiger partial charge on any atom is 0.227 e. The number of carbonyl (C=O) groups excluding carboxylic acids is 2. The second-order valence-electron chi connectivity index (χ2n) is 5.30. The van der Waals surface area contributed by atoms with E-state index in [-0.39, 0.29) is 17.7 Å². The highest BCUT2D eigenvalue weighted by molar-refractivity contribution is 7.07. The number of carbonyl (C=O) groups is 2. The number of hydrogen-bond acceptors (Lipinski definition) is 3. The van der Waals surface area contributed by atoms with Crippen LogP contribution in [0, 0.1) is 0 Å². The van der Waals surface area contributed by atoms with Crippen LogP contribution in [0.25, 0.3) is 0 Å². The fourth-order valence-electron chi connectivity index (χ4n) is 2.72. The Morgan fingerprint density at radius 3 is 2.89 bits per heavy atom. The largest absolute Gasteiger partial charge is 0.339 e. The SMILES string of the molecule is CC(=O)CC1CCCCCN1C(=O)Cc1ccsc1. The Balaban J connectivity index is 2.03. The highest BCUT2D eigenvalue weighted by Gasteiger charge is 2.26. The zero-order chi connectivity index (χ0) is 13.7. The van der Waals surface area contributed by atoms with Crippen molar-refractivity contribution < 1.29 is 9.59 Å². The summed E-state index contributed by atoms with van der Waals surface area (Å²) >= 11 is 1.62. The minimum Gasteiger partial charge on any atom is -0.339 e. The molecule has 1 aromatic heterocycles. The normalized spacial score (nSPS) is 20.1. The van der Waals surface area contributed by atoms with Gasteiger partial charge in [-0.3, -0.25) is 9.59 Å². The van der Waals surface area contributed by atoms with Gasteiger partial charge in [0.1, 0.15) is 5.78 Å². The summed E-state index contributed by atoms with van der Waals surface area (Å²) in [6.07, 6.45) is 5.29. The molecule has 1 atom stereocenters. The first-order chi connectivity index (χ1) is 9.16. The standard InChI is InChI=1S/C15H21NO2S/c1-12(17)9-14-5-3-2-4-7-16(14)15(18)10-13-6-8-19-11-13/h6,8,11,14H,2-5,7,9-10H2,1H3. The first kappa shape index (κ1) is 14.3. The van der Waals surface area contributed by atoms with Gasteiger partial charge in [-0.15, -0.1) is 0 Å². The van der Waals surface area contributed by atoms with Gasteiger partial charge in [0.05, 0.1) is 6.42 Å². The Labute approximate surface area is 118 Å². The number of amides is 1. The topological polar surface area (TPSA) is 37.4 Å². The van der Waals surface area contributed by atoms with Gasteiger partial charge >= 0.3 is 0 Å². The third-order valence-electron chi connectivity index (χ3n) is 3.66. The van der Waals surface area contributed by atoms with Crippen LogP contribution < -0.4 is 0 Å². The van der Waals surface area contributed by atoms with Crippen molar-refractivity contribution in [2.45, 2.75) is 51.5 Å². The lowest BCUT2D eigenvalue weighted by molar-refractivity contribution is -0.133. The van der Waals surface area contributed by atoms with E-state index in [1.165, 1.54) is 0 Å². The molecule has 0 saturated carbocycles. The summed E-state index contributed by atoms with van der Waals surface area (Å²) in [7, 11) is 0. The van der Waals surface area contributed by atoms with Crippen molar-refractivity contribution in [1.29, 1.82) is 0 Å². The lowest BCUT2D eigenvalue weighted by atomic mass is 10.0. The highest BCUT2D eigenvalue weighted by atomic mass is 32.1. The molecule has 1 aromatic rings. The smallest absolute Gasteiger partial charge is 0.227 e. The average molecular weight is 279 g/mol. The molecule has 104 valence electrons. The second-order valence-corrected chi connectivity index (χ2v) is 6.08. The third kappa shape index (κ3) is 4.16. The van der Waals surface area contributed by atoms with Crippen LogP contribution in [0.2, 0.25) is 0 Å². The van der Waals surface area contributed by atoms with E-state index in [9.17, 15) is 9.59 Å². The van der Waals surface area contributed by atoms with E-state index >= 15 is 0 Å². The van der Waals surface area contributed by atoms with Crippen LogP contribution in [0.4, 0.5) is 0 Å². The molecule has 3 nitrogen and oxygen atoms in total. The van der Waals surface area contributed by atoms with E-state index < -0.39 is 0 Å². The molecule has 0 N–H and O–H groups in total. The quantitative estimate of drug-likeness (QED) is 0.849. The summed E-state index contributed by atoms with van der Waals surface area (Å²) in [4.78, 5) is 25.8. The number of likely N-dealkylation sites (tertiary alicyclic amines) is 1. The van der Waals surface area contributed by atoms with Crippen LogP contribution in [-0.2, 0) is 16.0 Å². The molecular weight excluding hydrogens is 258 g/mol. The zero-order valence-electron chi connectivity index (χ0n) is 11.4. The molecule has 1 saturated heterocycles. The van der Waals surface area contributed by atoms with E-state index in [1.807, 2.05) is 21.7 Å². The number of rotatable bonds is 4. The number of hydrogen-bond donors (Lipinski definition) is 0. The second kappa shape index (κ2) is 6.85. The fraction of sp³-hybridized carbons (Fsp3) is 0.600. The predicted octanol–water partition coefficient (Wildman–Crippen LogP) is 3.04. The van der Waals surface area contributed by atoms with Crippen LogP contribution in [0.15, 0.2) is 16.8 Å². The Kier molecular flexibility index (Phi) is 5.14. The molecule has 1 unspecified atom stereocenters. The predicted molar refractivity (Wildman–Crippen MR) is 77.3 cm³/mol. The molecular formula is C15H21NO2S. The lowest BCUT2D eigenvalue weighted by Gasteiger charge is -2.29. The third-order valence-corrected chi connectivity index (χ3v) is 4.39. The Hall–Kier alpha value is -1.16. The molecule has 2 rings (SSSR count). The first-order valence-electron chi connectivity index (χ1n) is 6.97. The van der Waals surface area contributed by atoms with Crippen molar-refractivity contribution in [3.63, 3.8) is 0 Å². The van der Waals surface area contributed by atoms with Gasteiger partial charge in [-0.25, -0.2) is 0 Å². The van der Waals surface area contributed by atoms with Gasteiger partial charge in [0, 0.05) is 19.0 Å². The summed E-state index contributed by atoms with van der Waals surface area (Å²) in [6, 6.07) is 2.12. The molecule has 0 bridgehead atoms. The summed E-state index contributed by atoms with van der Waals surface area (Å²) in [5.74, 6) is 0.354. The number of Topliss-reactive ketones (excluding diaryl/α,β-unsaturated/α-hetero) is 1. The molecule has 1 aliphatic rings. The van der Waals surface area contributed by atoms with Crippen molar-refractivity contribution in [3.05, 3.63) is 22.4 Å². The molecule has 0 aromatic carbocycles. The molecule has 4 heteroatoms. The average Bonchev–Trinajstić information content (AvgIpc) is 2.74. The maximum atomic E-state index is 12.4. The van der Waals surface area contributed by atoms with Gasteiger partial charge in [-0.1, -0.05) is 12.8 Å². The molecule has 0 spiro atoms. The molecule has 19 heavy (non-hydrogen) atoms. The van der Waals surface area contributed by atoms with Crippen molar-refractivity contribution in [2.75, 3.05) is 6.54 Å². The van der Waals surface area contributed by atoms with Crippen molar-refractivity contribution in [3.8, 4) is 0 Å². The maximum absolute atomic E-state index is 12.4.